The van der Waals surface area contributed by atoms with Crippen molar-refractivity contribution < 1.29 is 4.74 Å². The van der Waals surface area contributed by atoms with Crippen molar-refractivity contribution in [3.05, 3.63) is 0 Å². The lowest BCUT2D eigenvalue weighted by Gasteiger charge is -2.38. The van der Waals surface area contributed by atoms with Crippen LogP contribution < -0.4 is 0 Å². The first-order valence-electron chi connectivity index (χ1n) is 12.9. The van der Waals surface area contributed by atoms with Crippen molar-refractivity contribution >= 4 is 0 Å². The fourth-order valence-electron chi connectivity index (χ4n) is 6.44. The topological polar surface area (TPSA) is 9.23 Å². The zero-order valence-corrected chi connectivity index (χ0v) is 18.6. The standard InChI is InChI=1S/C26H48O/c1-3-5-6-7-22-12-18-26(19-13-22)27-20-23-10-16-25(17-11-23)24-14-8-21(4-2)9-15-24/h21-26H,3-20H2,1-2H3. The number of rotatable bonds is 9. The molecule has 0 radical (unpaired) electrons. The number of hydrogen-bond acceptors (Lipinski definition) is 1. The van der Waals surface area contributed by atoms with Gasteiger partial charge in [-0.1, -0.05) is 58.8 Å². The molecule has 27 heavy (non-hydrogen) atoms. The first kappa shape index (κ1) is 21.7. The molecule has 3 aliphatic rings. The molecular weight excluding hydrogens is 328 g/mol. The van der Waals surface area contributed by atoms with Crippen LogP contribution in [0.5, 0.6) is 0 Å². The van der Waals surface area contributed by atoms with E-state index in [9.17, 15) is 0 Å². The van der Waals surface area contributed by atoms with E-state index in [-0.39, 0.29) is 0 Å². The summed E-state index contributed by atoms with van der Waals surface area (Å²) in [7, 11) is 0. The summed E-state index contributed by atoms with van der Waals surface area (Å²) in [5.74, 6) is 5.05. The van der Waals surface area contributed by atoms with Gasteiger partial charge >= 0.3 is 0 Å². The van der Waals surface area contributed by atoms with Gasteiger partial charge in [0.05, 0.1) is 6.10 Å². The van der Waals surface area contributed by atoms with Crippen LogP contribution in [0.2, 0.25) is 0 Å². The first-order chi connectivity index (χ1) is 13.3. The van der Waals surface area contributed by atoms with Gasteiger partial charge in [0.1, 0.15) is 0 Å². The van der Waals surface area contributed by atoms with Crippen LogP contribution in [-0.2, 0) is 4.74 Å². The molecule has 0 N–H and O–H groups in total. The second-order valence-electron chi connectivity index (χ2n) is 10.4. The molecule has 1 nitrogen and oxygen atoms in total. The van der Waals surface area contributed by atoms with E-state index in [1.807, 2.05) is 0 Å². The Balaban J connectivity index is 1.25. The van der Waals surface area contributed by atoms with Crippen molar-refractivity contribution in [2.45, 2.75) is 129 Å². The average Bonchev–Trinajstić information content (AvgIpc) is 2.74. The molecule has 0 aromatic heterocycles. The van der Waals surface area contributed by atoms with Crippen molar-refractivity contribution in [2.75, 3.05) is 6.61 Å². The van der Waals surface area contributed by atoms with Gasteiger partial charge in [-0.3, -0.25) is 0 Å². The van der Waals surface area contributed by atoms with E-state index in [2.05, 4.69) is 13.8 Å². The van der Waals surface area contributed by atoms with Gasteiger partial charge in [0.25, 0.3) is 0 Å². The molecule has 0 aromatic carbocycles. The average molecular weight is 377 g/mol. The van der Waals surface area contributed by atoms with Crippen LogP contribution in [0, 0.1) is 29.6 Å². The van der Waals surface area contributed by atoms with Gasteiger partial charge in [-0.05, 0) is 93.8 Å². The fraction of sp³-hybridized carbons (Fsp3) is 1.00. The predicted molar refractivity (Wildman–Crippen MR) is 117 cm³/mol. The van der Waals surface area contributed by atoms with E-state index < -0.39 is 0 Å². The minimum absolute atomic E-state index is 0.592. The second-order valence-corrected chi connectivity index (χ2v) is 10.4. The normalized spacial score (nSPS) is 38.0. The third kappa shape index (κ3) is 7.06. The van der Waals surface area contributed by atoms with Crippen LogP contribution in [0.3, 0.4) is 0 Å². The molecule has 3 rings (SSSR count). The van der Waals surface area contributed by atoms with E-state index in [0.717, 1.165) is 36.2 Å². The Labute approximate surface area is 170 Å². The lowest BCUT2D eigenvalue weighted by atomic mass is 9.69. The summed E-state index contributed by atoms with van der Waals surface area (Å²) in [4.78, 5) is 0. The molecule has 0 atom stereocenters. The Morgan fingerprint density at radius 2 is 1.15 bits per heavy atom. The third-order valence-electron chi connectivity index (χ3n) is 8.60. The summed E-state index contributed by atoms with van der Waals surface area (Å²) >= 11 is 0. The SMILES string of the molecule is CCCCCC1CCC(OCC2CCC(C3CCC(CC)CC3)CC2)CC1. The van der Waals surface area contributed by atoms with Crippen molar-refractivity contribution in [1.82, 2.24) is 0 Å². The summed E-state index contributed by atoms with van der Waals surface area (Å²) in [6.07, 6.45) is 25.3. The maximum Gasteiger partial charge on any atom is 0.0575 e. The van der Waals surface area contributed by atoms with Crippen LogP contribution in [0.25, 0.3) is 0 Å². The van der Waals surface area contributed by atoms with E-state index in [0.29, 0.717) is 6.10 Å². The summed E-state index contributed by atoms with van der Waals surface area (Å²) < 4.78 is 6.41. The molecule has 3 aliphatic carbocycles. The largest absolute Gasteiger partial charge is 0.378 e. The van der Waals surface area contributed by atoms with E-state index in [4.69, 9.17) is 4.74 Å². The lowest BCUT2D eigenvalue weighted by Crippen LogP contribution is -2.29. The van der Waals surface area contributed by atoms with Gasteiger partial charge < -0.3 is 4.74 Å². The number of hydrogen-bond donors (Lipinski definition) is 0. The maximum absolute atomic E-state index is 6.41. The Morgan fingerprint density at radius 1 is 0.593 bits per heavy atom. The molecule has 0 heterocycles. The highest BCUT2D eigenvalue weighted by Gasteiger charge is 2.31. The fourth-order valence-corrected chi connectivity index (χ4v) is 6.44. The lowest BCUT2D eigenvalue weighted by molar-refractivity contribution is -0.0130. The van der Waals surface area contributed by atoms with Gasteiger partial charge in [-0.15, -0.1) is 0 Å². The zero-order chi connectivity index (χ0) is 18.9. The third-order valence-corrected chi connectivity index (χ3v) is 8.60. The first-order valence-corrected chi connectivity index (χ1v) is 12.9. The van der Waals surface area contributed by atoms with E-state index in [1.165, 1.54) is 109 Å². The number of ether oxygens (including phenoxy) is 1. The molecule has 1 heteroatoms. The Hall–Kier alpha value is -0.0400. The van der Waals surface area contributed by atoms with Crippen LogP contribution in [0.4, 0.5) is 0 Å². The smallest absolute Gasteiger partial charge is 0.0575 e. The van der Waals surface area contributed by atoms with Crippen molar-refractivity contribution in [2.24, 2.45) is 29.6 Å². The van der Waals surface area contributed by atoms with E-state index >= 15 is 0 Å². The summed E-state index contributed by atoms with van der Waals surface area (Å²) in [6.45, 7) is 5.77. The van der Waals surface area contributed by atoms with Crippen molar-refractivity contribution in [3.63, 3.8) is 0 Å². The number of unbranched alkanes of at least 4 members (excludes halogenated alkanes) is 2. The predicted octanol–water partition coefficient (Wildman–Crippen LogP) is 8.16. The van der Waals surface area contributed by atoms with E-state index in [1.54, 1.807) is 0 Å². The molecule has 0 saturated heterocycles. The second kappa shape index (κ2) is 11.8. The van der Waals surface area contributed by atoms with Crippen LogP contribution in [0.15, 0.2) is 0 Å². The monoisotopic (exact) mass is 376 g/mol. The van der Waals surface area contributed by atoms with Crippen LogP contribution in [-0.4, -0.2) is 12.7 Å². The molecule has 0 unspecified atom stereocenters. The van der Waals surface area contributed by atoms with Crippen molar-refractivity contribution in [1.29, 1.82) is 0 Å². The molecule has 0 bridgehead atoms. The highest BCUT2D eigenvalue weighted by atomic mass is 16.5. The minimum Gasteiger partial charge on any atom is -0.378 e. The summed E-state index contributed by atoms with van der Waals surface area (Å²) in [6, 6.07) is 0. The van der Waals surface area contributed by atoms with Gasteiger partial charge in [-0.25, -0.2) is 0 Å². The van der Waals surface area contributed by atoms with Crippen molar-refractivity contribution in [3.8, 4) is 0 Å². The Kier molecular flexibility index (Phi) is 9.50. The Morgan fingerprint density at radius 3 is 1.70 bits per heavy atom. The molecule has 0 aromatic rings. The summed E-state index contributed by atoms with van der Waals surface area (Å²) in [5.41, 5.74) is 0. The highest BCUT2D eigenvalue weighted by molar-refractivity contribution is 4.82. The van der Waals surface area contributed by atoms with Gasteiger partial charge in [-0.2, -0.15) is 0 Å². The Bertz CT molecular complexity index is 368. The van der Waals surface area contributed by atoms with Crippen LogP contribution >= 0.6 is 0 Å². The minimum atomic E-state index is 0.592. The molecule has 0 amide bonds. The van der Waals surface area contributed by atoms with Gasteiger partial charge in [0, 0.05) is 6.61 Å². The molecule has 0 aliphatic heterocycles. The van der Waals surface area contributed by atoms with Gasteiger partial charge in [0.2, 0.25) is 0 Å². The van der Waals surface area contributed by atoms with Gasteiger partial charge in [0.15, 0.2) is 0 Å². The summed E-state index contributed by atoms with van der Waals surface area (Å²) in [5, 5.41) is 0. The highest BCUT2D eigenvalue weighted by Crippen LogP contribution is 2.42. The zero-order valence-electron chi connectivity index (χ0n) is 18.6. The molecule has 3 fully saturated rings. The molecular formula is C26H48O. The molecule has 158 valence electrons. The van der Waals surface area contributed by atoms with Crippen LogP contribution in [0.1, 0.15) is 123 Å². The molecule has 0 spiro atoms. The maximum atomic E-state index is 6.41. The quantitative estimate of drug-likeness (QED) is 0.369. The molecule has 3 saturated carbocycles.